The molecule has 1 aromatic rings. The van der Waals surface area contributed by atoms with Gasteiger partial charge in [-0.25, -0.2) is 0 Å². The summed E-state index contributed by atoms with van der Waals surface area (Å²) in [5.74, 6) is 5.80. The number of anilines is 1. The molecule has 1 heterocycles. The first-order valence-corrected chi connectivity index (χ1v) is 7.00. The number of carbonyl (C=O) groups is 1. The lowest BCUT2D eigenvalue weighted by Crippen LogP contribution is -2.44. The number of nitrogens with one attached hydrogen (secondary N) is 1. The van der Waals surface area contributed by atoms with E-state index < -0.39 is 4.92 Å². The van der Waals surface area contributed by atoms with Crippen LogP contribution < -0.4 is 11.3 Å². The summed E-state index contributed by atoms with van der Waals surface area (Å²) in [4.78, 5) is 24.7. The van der Waals surface area contributed by atoms with Crippen LogP contribution in [-0.2, 0) is 0 Å². The molecule has 7 nitrogen and oxygen atoms in total. The largest absolute Gasteiger partial charge is 0.336 e. The van der Waals surface area contributed by atoms with Crippen molar-refractivity contribution in [1.29, 1.82) is 0 Å². The molecule has 1 aromatic carbocycles. The molecule has 0 aromatic heterocycles. The molecular formula is C14H20N4O3. The number of nitro groups is 1. The van der Waals surface area contributed by atoms with Crippen LogP contribution in [0.1, 0.15) is 37.0 Å². The summed E-state index contributed by atoms with van der Waals surface area (Å²) in [6, 6.07) is 4.39. The van der Waals surface area contributed by atoms with Crippen LogP contribution >= 0.6 is 0 Å². The maximum atomic E-state index is 12.6. The van der Waals surface area contributed by atoms with Gasteiger partial charge in [0.2, 0.25) is 0 Å². The molecule has 3 N–H and O–H groups in total. The standard InChI is InChI=1S/C14H20N4O3/c1-9-5-6-17(10(2)7-9)14(19)11-3-4-13(18(20)21)12(8-11)16-15/h3-4,8-10,16H,5-7,15H2,1-2H3. The summed E-state index contributed by atoms with van der Waals surface area (Å²) in [6.45, 7) is 4.92. The average molecular weight is 292 g/mol. The van der Waals surface area contributed by atoms with E-state index in [0.29, 0.717) is 18.0 Å². The monoisotopic (exact) mass is 292 g/mol. The van der Waals surface area contributed by atoms with Crippen molar-refractivity contribution in [1.82, 2.24) is 4.90 Å². The molecule has 1 amide bonds. The van der Waals surface area contributed by atoms with E-state index in [1.807, 2.05) is 11.8 Å². The van der Waals surface area contributed by atoms with Crippen molar-refractivity contribution in [2.75, 3.05) is 12.0 Å². The van der Waals surface area contributed by atoms with Crippen molar-refractivity contribution in [3.63, 3.8) is 0 Å². The van der Waals surface area contributed by atoms with E-state index in [0.717, 1.165) is 12.8 Å². The van der Waals surface area contributed by atoms with Crippen molar-refractivity contribution in [3.8, 4) is 0 Å². The molecule has 0 saturated carbocycles. The first-order valence-electron chi connectivity index (χ1n) is 7.00. The number of hydrogen-bond donors (Lipinski definition) is 2. The number of hydrogen-bond acceptors (Lipinski definition) is 5. The number of likely N-dealkylation sites (tertiary alicyclic amines) is 1. The third kappa shape index (κ3) is 3.13. The van der Waals surface area contributed by atoms with Gasteiger partial charge in [0.1, 0.15) is 5.69 Å². The number of hydrazine groups is 1. The van der Waals surface area contributed by atoms with Crippen LogP contribution in [0.2, 0.25) is 0 Å². The van der Waals surface area contributed by atoms with Crippen molar-refractivity contribution in [3.05, 3.63) is 33.9 Å². The van der Waals surface area contributed by atoms with Crippen LogP contribution in [0.25, 0.3) is 0 Å². The molecule has 21 heavy (non-hydrogen) atoms. The molecule has 2 unspecified atom stereocenters. The number of nitrogens with zero attached hydrogens (tertiary/aromatic N) is 2. The number of nitrogen functional groups attached to an aromatic ring is 1. The topological polar surface area (TPSA) is 102 Å². The Labute approximate surface area is 123 Å². The number of piperidine rings is 1. The number of benzene rings is 1. The van der Waals surface area contributed by atoms with Crippen molar-refractivity contribution >= 4 is 17.3 Å². The summed E-state index contributed by atoms with van der Waals surface area (Å²) in [6.07, 6.45) is 1.95. The van der Waals surface area contributed by atoms with Crippen LogP contribution in [-0.4, -0.2) is 28.3 Å². The number of carbonyl (C=O) groups excluding carboxylic acids is 1. The lowest BCUT2D eigenvalue weighted by molar-refractivity contribution is -0.384. The fraction of sp³-hybridized carbons (Fsp3) is 0.500. The molecule has 1 aliphatic heterocycles. The van der Waals surface area contributed by atoms with Gasteiger partial charge in [0.15, 0.2) is 0 Å². The van der Waals surface area contributed by atoms with Crippen molar-refractivity contribution in [2.45, 2.75) is 32.7 Å². The van der Waals surface area contributed by atoms with Crippen LogP contribution in [0, 0.1) is 16.0 Å². The Balaban J connectivity index is 2.25. The summed E-state index contributed by atoms with van der Waals surface area (Å²) in [5, 5.41) is 10.9. The van der Waals surface area contributed by atoms with Gasteiger partial charge in [-0.15, -0.1) is 0 Å². The highest BCUT2D eigenvalue weighted by atomic mass is 16.6. The lowest BCUT2D eigenvalue weighted by atomic mass is 9.93. The summed E-state index contributed by atoms with van der Waals surface area (Å²) < 4.78 is 0. The van der Waals surface area contributed by atoms with Gasteiger partial charge < -0.3 is 10.3 Å². The third-order valence-electron chi connectivity index (χ3n) is 3.99. The Morgan fingerprint density at radius 2 is 2.19 bits per heavy atom. The Bertz CT molecular complexity index is 561. The molecule has 1 aliphatic rings. The molecular weight excluding hydrogens is 272 g/mol. The van der Waals surface area contributed by atoms with Gasteiger partial charge in [0.25, 0.3) is 11.6 Å². The summed E-state index contributed by atoms with van der Waals surface area (Å²) in [5.41, 5.74) is 2.69. The highest BCUT2D eigenvalue weighted by Gasteiger charge is 2.28. The number of nitrogens with two attached hydrogens (primary N) is 1. The van der Waals surface area contributed by atoms with E-state index in [1.165, 1.54) is 18.2 Å². The van der Waals surface area contributed by atoms with Crippen LogP contribution in [0.3, 0.4) is 0 Å². The van der Waals surface area contributed by atoms with Gasteiger partial charge in [0, 0.05) is 24.2 Å². The molecule has 2 rings (SSSR count). The minimum Gasteiger partial charge on any atom is -0.336 e. The van der Waals surface area contributed by atoms with Gasteiger partial charge >= 0.3 is 0 Å². The SMILES string of the molecule is CC1CCN(C(=O)c2ccc([N+](=O)[O-])c(NN)c2)C(C)C1. The number of nitro benzene ring substituents is 1. The lowest BCUT2D eigenvalue weighted by Gasteiger charge is -2.36. The van der Waals surface area contributed by atoms with Gasteiger partial charge in [-0.05, 0) is 37.8 Å². The molecule has 0 bridgehead atoms. The second kappa shape index (κ2) is 6.09. The maximum Gasteiger partial charge on any atom is 0.293 e. The Morgan fingerprint density at radius 1 is 1.48 bits per heavy atom. The zero-order valence-electron chi connectivity index (χ0n) is 12.2. The molecule has 114 valence electrons. The number of rotatable bonds is 3. The quantitative estimate of drug-likeness (QED) is 0.505. The summed E-state index contributed by atoms with van der Waals surface area (Å²) >= 11 is 0. The third-order valence-corrected chi connectivity index (χ3v) is 3.99. The second-order valence-electron chi connectivity index (χ2n) is 5.61. The highest BCUT2D eigenvalue weighted by Crippen LogP contribution is 2.28. The zero-order valence-corrected chi connectivity index (χ0v) is 12.2. The smallest absolute Gasteiger partial charge is 0.293 e. The predicted octanol–water partition coefficient (Wildman–Crippen LogP) is 2.14. The maximum absolute atomic E-state index is 12.6. The van der Waals surface area contributed by atoms with E-state index in [4.69, 9.17) is 5.84 Å². The Kier molecular flexibility index (Phi) is 4.42. The normalized spacial score (nSPS) is 22.0. The highest BCUT2D eigenvalue weighted by molar-refractivity contribution is 5.96. The molecule has 7 heteroatoms. The van der Waals surface area contributed by atoms with Gasteiger partial charge in [0.05, 0.1) is 4.92 Å². The van der Waals surface area contributed by atoms with Crippen molar-refractivity contribution < 1.29 is 9.72 Å². The van der Waals surface area contributed by atoms with E-state index in [1.54, 1.807) is 0 Å². The van der Waals surface area contributed by atoms with Gasteiger partial charge in [-0.1, -0.05) is 6.92 Å². The average Bonchev–Trinajstić information content (AvgIpc) is 2.45. The summed E-state index contributed by atoms with van der Waals surface area (Å²) in [7, 11) is 0. The van der Waals surface area contributed by atoms with E-state index in [-0.39, 0.29) is 23.3 Å². The van der Waals surface area contributed by atoms with Crippen molar-refractivity contribution in [2.24, 2.45) is 11.8 Å². The van der Waals surface area contributed by atoms with Crippen LogP contribution in [0.15, 0.2) is 18.2 Å². The van der Waals surface area contributed by atoms with Crippen LogP contribution in [0.4, 0.5) is 11.4 Å². The molecule has 1 saturated heterocycles. The first kappa shape index (κ1) is 15.2. The molecule has 0 aliphatic carbocycles. The van der Waals surface area contributed by atoms with Gasteiger partial charge in [-0.2, -0.15) is 0 Å². The zero-order chi connectivity index (χ0) is 15.6. The Morgan fingerprint density at radius 3 is 2.76 bits per heavy atom. The minimum absolute atomic E-state index is 0.110. The fourth-order valence-corrected chi connectivity index (χ4v) is 2.82. The van der Waals surface area contributed by atoms with Gasteiger partial charge in [-0.3, -0.25) is 20.8 Å². The minimum atomic E-state index is -0.533. The van der Waals surface area contributed by atoms with E-state index in [9.17, 15) is 14.9 Å². The van der Waals surface area contributed by atoms with E-state index >= 15 is 0 Å². The fourth-order valence-electron chi connectivity index (χ4n) is 2.82. The molecule has 0 radical (unpaired) electrons. The molecule has 1 fully saturated rings. The number of amides is 1. The van der Waals surface area contributed by atoms with E-state index in [2.05, 4.69) is 12.3 Å². The predicted molar refractivity (Wildman–Crippen MR) is 79.8 cm³/mol. The molecule has 2 atom stereocenters. The Hall–Kier alpha value is -2.15. The second-order valence-corrected chi connectivity index (χ2v) is 5.61. The first-order chi connectivity index (χ1) is 9.93. The molecule has 0 spiro atoms. The van der Waals surface area contributed by atoms with Crippen LogP contribution in [0.5, 0.6) is 0 Å².